The lowest BCUT2D eigenvalue weighted by molar-refractivity contribution is 0.1000. The van der Waals surface area contributed by atoms with Crippen molar-refractivity contribution in [2.24, 2.45) is 11.1 Å². The van der Waals surface area contributed by atoms with Gasteiger partial charge in [0.1, 0.15) is 11.5 Å². The molecule has 1 fully saturated rings. The highest BCUT2D eigenvalue weighted by Gasteiger charge is 2.24. The highest BCUT2D eigenvalue weighted by Crippen LogP contribution is 2.39. The van der Waals surface area contributed by atoms with Crippen LogP contribution in [-0.2, 0) is 17.6 Å². The fourth-order valence-electron chi connectivity index (χ4n) is 3.74. The molecule has 26 heavy (non-hydrogen) atoms. The molecule has 5 heteroatoms. The van der Waals surface area contributed by atoms with Crippen LogP contribution in [0.25, 0.3) is 5.57 Å². The molecule has 2 N–H and O–H groups in total. The van der Waals surface area contributed by atoms with Crippen molar-refractivity contribution in [2.75, 3.05) is 31.1 Å². The molecule has 0 saturated carbocycles. The Hall–Kier alpha value is -1.30. The average molecular weight is 375 g/mol. The van der Waals surface area contributed by atoms with Gasteiger partial charge >= 0.3 is 0 Å². The average Bonchev–Trinajstić information content (AvgIpc) is 2.61. The molecule has 0 radical (unpaired) electrons. The second-order valence-electron chi connectivity index (χ2n) is 8.28. The van der Waals surface area contributed by atoms with Gasteiger partial charge in [-0.1, -0.05) is 43.2 Å². The maximum absolute atomic E-state index is 11.9. The molecule has 0 bridgehead atoms. The molecule has 1 saturated heterocycles. The first kappa shape index (κ1) is 19.5. The van der Waals surface area contributed by atoms with E-state index < -0.39 is 11.2 Å². The molecule has 3 rings (SSSR count). The summed E-state index contributed by atoms with van der Waals surface area (Å²) < 4.78 is 11.5. The van der Waals surface area contributed by atoms with Gasteiger partial charge < -0.3 is 10.3 Å². The minimum absolute atomic E-state index is 0.336. The van der Waals surface area contributed by atoms with E-state index in [4.69, 9.17) is 5.73 Å². The van der Waals surface area contributed by atoms with Crippen molar-refractivity contribution < 1.29 is 9.35 Å². The molecule has 0 aromatic heterocycles. The standard InChI is InChI=1S/C21H30N2O2S/c1-21(2)8-5-17(6-9-21)19-15-16(3-4-18(19)20(22)24)7-10-23-11-13-26(25)14-12-23/h3-5,15H,6-14H2,1-2H3,(H2,22,24). The van der Waals surface area contributed by atoms with Crippen LogP contribution in [0.5, 0.6) is 0 Å². The van der Waals surface area contributed by atoms with Gasteiger partial charge in [0.25, 0.3) is 0 Å². The second kappa shape index (κ2) is 8.15. The molecule has 1 aromatic rings. The summed E-state index contributed by atoms with van der Waals surface area (Å²) >= 11 is -0.631. The first-order valence-corrected chi connectivity index (χ1v) is 11.0. The summed E-state index contributed by atoms with van der Waals surface area (Å²) in [7, 11) is 0. The minimum Gasteiger partial charge on any atom is -0.616 e. The Labute approximate surface area is 160 Å². The van der Waals surface area contributed by atoms with Crippen molar-refractivity contribution >= 4 is 22.7 Å². The predicted octanol–water partition coefficient (Wildman–Crippen LogP) is 2.99. The third-order valence-corrected chi connectivity index (χ3v) is 6.93. The summed E-state index contributed by atoms with van der Waals surface area (Å²) in [5, 5.41) is 0. The second-order valence-corrected chi connectivity index (χ2v) is 9.98. The molecule has 2 aliphatic rings. The van der Waals surface area contributed by atoms with E-state index in [0.717, 1.165) is 62.4 Å². The Morgan fingerprint density at radius 2 is 2.04 bits per heavy atom. The van der Waals surface area contributed by atoms with Crippen molar-refractivity contribution in [3.8, 4) is 0 Å². The van der Waals surface area contributed by atoms with Crippen LogP contribution in [0.15, 0.2) is 24.3 Å². The lowest BCUT2D eigenvalue weighted by atomic mass is 9.76. The molecular weight excluding hydrogens is 344 g/mol. The Morgan fingerprint density at radius 1 is 1.31 bits per heavy atom. The van der Waals surface area contributed by atoms with Crippen molar-refractivity contribution in [1.29, 1.82) is 0 Å². The zero-order chi connectivity index (χ0) is 18.7. The number of carbonyl (C=O) groups excluding carboxylic acids is 1. The third kappa shape index (κ3) is 4.90. The molecule has 4 nitrogen and oxygen atoms in total. The number of primary amides is 1. The van der Waals surface area contributed by atoms with E-state index in [1.165, 1.54) is 11.1 Å². The Kier molecular flexibility index (Phi) is 6.10. The number of rotatable bonds is 5. The van der Waals surface area contributed by atoms with Gasteiger partial charge in [-0.05, 0) is 53.9 Å². The number of carbonyl (C=O) groups is 1. The van der Waals surface area contributed by atoms with Gasteiger partial charge in [-0.25, -0.2) is 0 Å². The summed E-state index contributed by atoms with van der Waals surface area (Å²) in [4.78, 5) is 14.3. The number of hydrogen-bond acceptors (Lipinski definition) is 3. The number of hydrogen-bond donors (Lipinski definition) is 1. The fraction of sp³-hybridized carbons (Fsp3) is 0.571. The van der Waals surface area contributed by atoms with Crippen LogP contribution < -0.4 is 5.73 Å². The number of nitrogens with zero attached hydrogens (tertiary/aromatic N) is 1. The molecule has 0 atom stereocenters. The van der Waals surface area contributed by atoms with Gasteiger partial charge in [0.2, 0.25) is 5.91 Å². The summed E-state index contributed by atoms with van der Waals surface area (Å²) in [6.45, 7) is 7.38. The van der Waals surface area contributed by atoms with Crippen LogP contribution in [0.3, 0.4) is 0 Å². The van der Waals surface area contributed by atoms with E-state index in [9.17, 15) is 9.35 Å². The molecule has 1 aromatic carbocycles. The predicted molar refractivity (Wildman–Crippen MR) is 109 cm³/mol. The zero-order valence-corrected chi connectivity index (χ0v) is 16.7. The van der Waals surface area contributed by atoms with E-state index in [-0.39, 0.29) is 5.91 Å². The van der Waals surface area contributed by atoms with Crippen molar-refractivity contribution in [3.05, 3.63) is 41.0 Å². The molecule has 1 heterocycles. The first-order chi connectivity index (χ1) is 12.3. The normalized spacial score (nSPS) is 21.4. The van der Waals surface area contributed by atoms with Crippen LogP contribution in [-0.4, -0.2) is 46.5 Å². The van der Waals surface area contributed by atoms with Gasteiger partial charge in [0.05, 0.1) is 0 Å². The topological polar surface area (TPSA) is 69.4 Å². The maximum Gasteiger partial charge on any atom is 0.249 e. The largest absolute Gasteiger partial charge is 0.616 e. The fourth-order valence-corrected chi connectivity index (χ4v) is 4.86. The summed E-state index contributed by atoms with van der Waals surface area (Å²) in [6.07, 6.45) is 6.39. The maximum atomic E-state index is 11.9. The van der Waals surface area contributed by atoms with Crippen molar-refractivity contribution in [1.82, 2.24) is 4.90 Å². The minimum atomic E-state index is -0.631. The Morgan fingerprint density at radius 3 is 2.65 bits per heavy atom. The third-order valence-electron chi connectivity index (χ3n) is 5.65. The van der Waals surface area contributed by atoms with Crippen molar-refractivity contribution in [2.45, 2.75) is 39.5 Å². The number of nitrogens with two attached hydrogens (primary N) is 1. The number of amides is 1. The van der Waals surface area contributed by atoms with Gasteiger partial charge in [-0.3, -0.25) is 9.69 Å². The monoisotopic (exact) mass is 374 g/mol. The summed E-state index contributed by atoms with van der Waals surface area (Å²) in [6, 6.07) is 6.07. The van der Waals surface area contributed by atoms with Gasteiger partial charge in [0.15, 0.2) is 0 Å². The SMILES string of the molecule is CC1(C)CC=C(c2cc(CCN3CC[S+]([O-])CC3)ccc2C(N)=O)CC1. The Balaban J connectivity index is 1.74. The van der Waals surface area contributed by atoms with Crippen LogP contribution in [0.2, 0.25) is 0 Å². The summed E-state index contributed by atoms with van der Waals surface area (Å²) in [5.41, 5.74) is 10.1. The van der Waals surface area contributed by atoms with E-state index in [1.807, 2.05) is 12.1 Å². The molecule has 1 aliphatic heterocycles. The van der Waals surface area contributed by atoms with Gasteiger partial charge in [-0.2, -0.15) is 0 Å². The lowest BCUT2D eigenvalue weighted by Crippen LogP contribution is -2.41. The van der Waals surface area contributed by atoms with Crippen LogP contribution in [0.1, 0.15) is 54.6 Å². The van der Waals surface area contributed by atoms with Gasteiger partial charge in [-0.15, -0.1) is 0 Å². The summed E-state index contributed by atoms with van der Waals surface area (Å²) in [5.74, 6) is 1.22. The molecule has 142 valence electrons. The van der Waals surface area contributed by atoms with Crippen molar-refractivity contribution in [3.63, 3.8) is 0 Å². The lowest BCUT2D eigenvalue weighted by Gasteiger charge is -2.29. The number of allylic oxidation sites excluding steroid dienone is 2. The Bertz CT molecular complexity index is 691. The van der Waals surface area contributed by atoms with E-state index >= 15 is 0 Å². The van der Waals surface area contributed by atoms with E-state index in [2.05, 4.69) is 30.9 Å². The van der Waals surface area contributed by atoms with E-state index in [0.29, 0.717) is 11.0 Å². The van der Waals surface area contributed by atoms with Crippen LogP contribution >= 0.6 is 0 Å². The molecule has 0 spiro atoms. The molecule has 1 amide bonds. The smallest absolute Gasteiger partial charge is 0.249 e. The molecule has 0 unspecified atom stereocenters. The molecular formula is C21H30N2O2S. The number of benzene rings is 1. The first-order valence-electron chi connectivity index (χ1n) is 9.53. The highest BCUT2D eigenvalue weighted by atomic mass is 32.2. The van der Waals surface area contributed by atoms with Gasteiger partial charge in [0, 0.05) is 25.2 Å². The molecule has 1 aliphatic carbocycles. The zero-order valence-electron chi connectivity index (χ0n) is 15.9. The highest BCUT2D eigenvalue weighted by molar-refractivity contribution is 7.91. The van der Waals surface area contributed by atoms with E-state index in [1.54, 1.807) is 0 Å². The van der Waals surface area contributed by atoms with Crippen LogP contribution in [0, 0.1) is 5.41 Å². The quantitative estimate of drug-likeness (QED) is 0.806. The van der Waals surface area contributed by atoms with Crippen LogP contribution in [0.4, 0.5) is 0 Å².